The minimum absolute atomic E-state index is 0.765. The summed E-state index contributed by atoms with van der Waals surface area (Å²) in [5.74, 6) is 0. The molecule has 0 atom stereocenters. The maximum Gasteiger partial charge on any atom is 0.144 e. The lowest BCUT2D eigenvalue weighted by Crippen LogP contribution is -2.26. The van der Waals surface area contributed by atoms with E-state index in [1.54, 1.807) is 0 Å². The summed E-state index contributed by atoms with van der Waals surface area (Å²) in [5.41, 5.74) is 18.9. The van der Waals surface area contributed by atoms with Crippen LogP contribution in [0.15, 0.2) is 264 Å². The van der Waals surface area contributed by atoms with Crippen molar-refractivity contribution in [3.8, 4) is 22.3 Å². The predicted octanol–water partition coefficient (Wildman–Crippen LogP) is 19.1. The maximum atomic E-state index is 7.47. The van der Waals surface area contributed by atoms with Gasteiger partial charge in [-0.15, -0.1) is 0 Å². The molecule has 1 spiro atoms. The monoisotopic (exact) mass is 930 g/mol. The van der Waals surface area contributed by atoms with Crippen molar-refractivity contribution in [1.29, 1.82) is 0 Å². The highest BCUT2D eigenvalue weighted by Crippen LogP contribution is 2.68. The molecule has 2 heterocycles. The van der Waals surface area contributed by atoms with Crippen LogP contribution in [0.3, 0.4) is 0 Å². The minimum atomic E-state index is -0.765. The highest BCUT2D eigenvalue weighted by Gasteiger charge is 2.54. The fourth-order valence-electron chi connectivity index (χ4n) is 12.9. The largest absolute Gasteiger partial charge is 0.456 e. The van der Waals surface area contributed by atoms with Crippen LogP contribution in [0.5, 0.6) is 0 Å². The van der Waals surface area contributed by atoms with E-state index in [2.05, 4.69) is 265 Å². The van der Waals surface area contributed by atoms with Crippen molar-refractivity contribution >= 4 is 99.5 Å². The summed E-state index contributed by atoms with van der Waals surface area (Å²) in [6.45, 7) is 0. The minimum Gasteiger partial charge on any atom is -0.456 e. The molecular weight excluding hydrogens is 889 g/mol. The van der Waals surface area contributed by atoms with Gasteiger partial charge in [-0.25, -0.2) is 0 Å². The van der Waals surface area contributed by atoms with Gasteiger partial charge in [0.05, 0.1) is 11.1 Å². The molecule has 2 aliphatic carbocycles. The molecule has 16 rings (SSSR count). The van der Waals surface area contributed by atoms with Crippen molar-refractivity contribution in [1.82, 2.24) is 0 Å². The number of benzene rings is 12. The zero-order valence-corrected chi connectivity index (χ0v) is 39.5. The topological polar surface area (TPSA) is 32.8 Å². The molecule has 0 saturated carbocycles. The second-order valence-corrected chi connectivity index (χ2v) is 19.4. The number of furan rings is 2. The van der Waals surface area contributed by atoms with Crippen molar-refractivity contribution < 1.29 is 8.83 Å². The molecule has 0 radical (unpaired) electrons. The van der Waals surface area contributed by atoms with Crippen LogP contribution in [0.25, 0.3) is 87.7 Å². The van der Waals surface area contributed by atoms with Gasteiger partial charge in [0.15, 0.2) is 0 Å². The number of para-hydroxylation sites is 6. The van der Waals surface area contributed by atoms with E-state index in [0.717, 1.165) is 99.7 Å². The van der Waals surface area contributed by atoms with E-state index in [9.17, 15) is 0 Å². The molecule has 2 aliphatic rings. The molecule has 73 heavy (non-hydrogen) atoms. The molecule has 2 aromatic heterocycles. The van der Waals surface area contributed by atoms with Gasteiger partial charge >= 0.3 is 0 Å². The Bertz CT molecular complexity index is 4430. The normalized spacial score (nSPS) is 13.0. The molecule has 340 valence electrons. The predicted molar refractivity (Wildman–Crippen MR) is 302 cm³/mol. The number of nitrogens with zero attached hydrogens (tertiary/aromatic N) is 2. The Labute approximate surface area is 420 Å². The zero-order valence-electron chi connectivity index (χ0n) is 39.5. The van der Waals surface area contributed by atoms with E-state index >= 15 is 0 Å². The van der Waals surface area contributed by atoms with Crippen molar-refractivity contribution in [2.24, 2.45) is 0 Å². The molecule has 0 bridgehead atoms. The average Bonchev–Trinajstić information content (AvgIpc) is 4.30. The van der Waals surface area contributed by atoms with Gasteiger partial charge < -0.3 is 18.6 Å². The van der Waals surface area contributed by atoms with Gasteiger partial charge in [0.25, 0.3) is 0 Å². The quantitative estimate of drug-likeness (QED) is 0.166. The molecule has 0 aliphatic heterocycles. The van der Waals surface area contributed by atoms with Crippen LogP contribution >= 0.6 is 0 Å². The fourth-order valence-corrected chi connectivity index (χ4v) is 12.9. The van der Waals surface area contributed by atoms with E-state index < -0.39 is 5.41 Å². The Balaban J connectivity index is 1.13. The van der Waals surface area contributed by atoms with Crippen LogP contribution in [-0.4, -0.2) is 0 Å². The zero-order chi connectivity index (χ0) is 47.8. The molecule has 4 heteroatoms. The number of hydrogen-bond acceptors (Lipinski definition) is 4. The molecule has 0 N–H and O–H groups in total. The average molecular weight is 931 g/mol. The van der Waals surface area contributed by atoms with E-state index in [-0.39, 0.29) is 0 Å². The summed E-state index contributed by atoms with van der Waals surface area (Å²) in [7, 11) is 0. The van der Waals surface area contributed by atoms with Crippen LogP contribution in [0.1, 0.15) is 22.3 Å². The summed E-state index contributed by atoms with van der Waals surface area (Å²) in [6, 6.07) is 92.7. The molecular formula is C69H42N2O2. The van der Waals surface area contributed by atoms with Gasteiger partial charge in [-0.05, 0) is 146 Å². The Morgan fingerprint density at radius 1 is 0.288 bits per heavy atom. The standard InChI is InChI=1S/C69H42N2O2/c1-5-21-43(22-6-1)70(44-23-7-2-8-24-44)47-37-38-51-55(39-47)64-52-32-16-20-36-62(52)73-68(64)66-65-56-40-54-50-31-15-19-35-61(50)72-63(54)41-53(56)60(71(45-25-9-3-10-26-45)46-27-11-4-12-28-46)42-59(65)69(67(51)66)57-33-17-13-29-48(57)49-30-14-18-34-58(49)69/h1-42H. The summed E-state index contributed by atoms with van der Waals surface area (Å²) in [5, 5.41) is 8.92. The first-order valence-electron chi connectivity index (χ1n) is 25.1. The number of hydrogen-bond donors (Lipinski definition) is 0. The van der Waals surface area contributed by atoms with Crippen LogP contribution in [0.2, 0.25) is 0 Å². The molecule has 0 saturated heterocycles. The number of rotatable bonds is 6. The number of anilines is 6. The number of fused-ring (bicyclic) bond motifs is 22. The first-order chi connectivity index (χ1) is 36.2. The van der Waals surface area contributed by atoms with Crippen LogP contribution in [0.4, 0.5) is 34.1 Å². The van der Waals surface area contributed by atoms with Gasteiger partial charge in [0.1, 0.15) is 22.3 Å². The molecule has 0 unspecified atom stereocenters. The van der Waals surface area contributed by atoms with Crippen LogP contribution in [-0.2, 0) is 5.41 Å². The van der Waals surface area contributed by atoms with E-state index in [4.69, 9.17) is 8.83 Å². The van der Waals surface area contributed by atoms with Gasteiger partial charge in [-0.3, -0.25) is 0 Å². The third-order valence-electron chi connectivity index (χ3n) is 15.8. The van der Waals surface area contributed by atoms with Gasteiger partial charge in [-0.1, -0.05) is 164 Å². The smallest absolute Gasteiger partial charge is 0.144 e. The maximum absolute atomic E-state index is 7.47. The lowest BCUT2D eigenvalue weighted by atomic mass is 9.69. The summed E-state index contributed by atoms with van der Waals surface area (Å²) >= 11 is 0. The second kappa shape index (κ2) is 15.2. The Morgan fingerprint density at radius 3 is 1.42 bits per heavy atom. The van der Waals surface area contributed by atoms with Crippen LogP contribution in [0, 0.1) is 0 Å². The Morgan fingerprint density at radius 2 is 0.808 bits per heavy atom. The lowest BCUT2D eigenvalue weighted by molar-refractivity contribution is 0.669. The van der Waals surface area contributed by atoms with Crippen molar-refractivity contribution in [2.75, 3.05) is 9.80 Å². The van der Waals surface area contributed by atoms with Gasteiger partial charge in [-0.2, -0.15) is 0 Å². The highest BCUT2D eigenvalue weighted by molar-refractivity contribution is 6.29. The van der Waals surface area contributed by atoms with E-state index in [1.165, 1.54) is 44.3 Å². The first-order valence-corrected chi connectivity index (χ1v) is 25.1. The van der Waals surface area contributed by atoms with Crippen molar-refractivity contribution in [2.45, 2.75) is 5.41 Å². The third kappa shape index (κ3) is 5.49. The second-order valence-electron chi connectivity index (χ2n) is 19.4. The summed E-state index contributed by atoms with van der Waals surface area (Å²) in [4.78, 5) is 4.80. The summed E-state index contributed by atoms with van der Waals surface area (Å²) in [6.07, 6.45) is 0. The van der Waals surface area contributed by atoms with Crippen molar-refractivity contribution in [3.63, 3.8) is 0 Å². The lowest BCUT2D eigenvalue weighted by Gasteiger charge is -2.33. The molecule has 12 aromatic carbocycles. The highest BCUT2D eigenvalue weighted by atomic mass is 16.3. The summed E-state index contributed by atoms with van der Waals surface area (Å²) < 4.78 is 14.3. The molecule has 4 nitrogen and oxygen atoms in total. The Kier molecular flexibility index (Phi) is 8.35. The van der Waals surface area contributed by atoms with Crippen molar-refractivity contribution in [3.05, 3.63) is 277 Å². The molecule has 0 amide bonds. The first kappa shape index (κ1) is 40.1. The van der Waals surface area contributed by atoms with E-state index in [0.29, 0.717) is 0 Å². The SMILES string of the molecule is c1ccc(N(c2ccccc2)c2ccc3c4c(c5oc6ccccc6c5c3c2)-c2c(cc(N(c3ccccc3)c3ccccc3)c3cc5oc6ccccc6c5cc23)C42c3ccccc3-c3ccccc32)cc1. The third-order valence-corrected chi connectivity index (χ3v) is 15.8. The molecule has 14 aromatic rings. The van der Waals surface area contributed by atoms with Gasteiger partial charge in [0, 0.05) is 60.9 Å². The van der Waals surface area contributed by atoms with Gasteiger partial charge in [0.2, 0.25) is 0 Å². The molecule has 0 fully saturated rings. The van der Waals surface area contributed by atoms with Crippen LogP contribution < -0.4 is 9.80 Å². The van der Waals surface area contributed by atoms with E-state index in [1.807, 2.05) is 0 Å². The fraction of sp³-hybridized carbons (Fsp3) is 0.0145. The Hall–Kier alpha value is -9.64.